The van der Waals surface area contributed by atoms with Gasteiger partial charge in [-0.2, -0.15) is 0 Å². The number of hydrogen-bond acceptors (Lipinski definition) is 6. The smallest absolute Gasteiger partial charge is 0.267 e. The lowest BCUT2D eigenvalue weighted by atomic mass is 9.90. The van der Waals surface area contributed by atoms with Crippen LogP contribution in [-0.4, -0.2) is 32.7 Å². The van der Waals surface area contributed by atoms with Gasteiger partial charge >= 0.3 is 0 Å². The zero-order valence-corrected chi connectivity index (χ0v) is 19.9. The van der Waals surface area contributed by atoms with Crippen molar-refractivity contribution in [2.75, 3.05) is 18.0 Å². The summed E-state index contributed by atoms with van der Waals surface area (Å²) in [7, 11) is 0. The van der Waals surface area contributed by atoms with Gasteiger partial charge in [0.15, 0.2) is 0 Å². The van der Waals surface area contributed by atoms with Crippen molar-refractivity contribution in [3.05, 3.63) is 80.6 Å². The molecule has 2 saturated heterocycles. The minimum Gasteiger partial charge on any atom is -0.356 e. The number of carbonyl (C=O) groups is 1. The van der Waals surface area contributed by atoms with E-state index >= 15 is 0 Å². The monoisotopic (exact) mass is 476 g/mol. The van der Waals surface area contributed by atoms with Crippen LogP contribution in [0.1, 0.15) is 29.5 Å². The first-order valence-electron chi connectivity index (χ1n) is 11.1. The summed E-state index contributed by atoms with van der Waals surface area (Å²) in [4.78, 5) is 33.3. The topological polar surface area (TPSA) is 66.7 Å². The van der Waals surface area contributed by atoms with Gasteiger partial charge in [0.25, 0.3) is 11.5 Å². The van der Waals surface area contributed by atoms with Crippen molar-refractivity contribution >= 4 is 51.7 Å². The summed E-state index contributed by atoms with van der Waals surface area (Å²) in [5.41, 5.74) is 3.19. The van der Waals surface area contributed by atoms with Crippen LogP contribution in [0.25, 0.3) is 11.7 Å². The summed E-state index contributed by atoms with van der Waals surface area (Å²) >= 11 is 6.30. The van der Waals surface area contributed by atoms with E-state index in [1.165, 1.54) is 17.3 Å². The van der Waals surface area contributed by atoms with E-state index in [0.29, 0.717) is 32.2 Å². The fourth-order valence-electron chi connectivity index (χ4n) is 4.52. The summed E-state index contributed by atoms with van der Waals surface area (Å²) in [5, 5.41) is 2.63. The highest BCUT2D eigenvalue weighted by Crippen LogP contribution is 2.30. The molecule has 0 spiro atoms. The number of aryl methyl sites for hydroxylation is 1. The normalized spacial score (nSPS) is 18.3. The quantitative estimate of drug-likeness (QED) is 0.454. The van der Waals surface area contributed by atoms with Crippen LogP contribution in [0.5, 0.6) is 0 Å². The van der Waals surface area contributed by atoms with E-state index in [9.17, 15) is 9.59 Å². The Kier molecular flexibility index (Phi) is 6.03. The van der Waals surface area contributed by atoms with E-state index in [0.717, 1.165) is 37.9 Å². The molecule has 2 aliphatic heterocycles. The molecule has 2 aromatic heterocycles. The van der Waals surface area contributed by atoms with Gasteiger partial charge in [0.05, 0.1) is 10.5 Å². The van der Waals surface area contributed by atoms with Gasteiger partial charge in [-0.3, -0.25) is 14.0 Å². The Hall–Kier alpha value is -2.97. The van der Waals surface area contributed by atoms with E-state index < -0.39 is 0 Å². The Morgan fingerprint density at radius 3 is 2.61 bits per heavy atom. The lowest BCUT2D eigenvalue weighted by Gasteiger charge is -2.33. The first-order chi connectivity index (χ1) is 16.0. The maximum absolute atomic E-state index is 13.5. The second kappa shape index (κ2) is 9.11. The number of thioether (sulfide) groups is 1. The van der Waals surface area contributed by atoms with Crippen LogP contribution in [0.4, 0.5) is 5.82 Å². The highest BCUT2D eigenvalue weighted by molar-refractivity contribution is 8.26. The molecule has 1 N–H and O–H groups in total. The third-order valence-electron chi connectivity index (χ3n) is 6.26. The third kappa shape index (κ3) is 4.45. The highest BCUT2D eigenvalue weighted by atomic mass is 32.2. The van der Waals surface area contributed by atoms with Gasteiger partial charge in [-0.25, -0.2) is 4.98 Å². The molecule has 0 bridgehead atoms. The number of pyridine rings is 1. The van der Waals surface area contributed by atoms with Crippen molar-refractivity contribution in [2.45, 2.75) is 26.2 Å². The zero-order valence-electron chi connectivity index (χ0n) is 18.3. The molecule has 2 aliphatic rings. The van der Waals surface area contributed by atoms with Gasteiger partial charge < -0.3 is 10.2 Å². The molecule has 2 fully saturated rings. The number of thiocarbonyl (C=S) groups is 1. The molecule has 0 radical (unpaired) electrons. The number of aromatic nitrogens is 2. The van der Waals surface area contributed by atoms with Crippen LogP contribution in [-0.2, 0) is 11.2 Å². The standard InChI is InChI=1S/C25H24N4O2S2/c1-16-6-5-11-29-21(16)26-22(19(24(29)31)15-20-23(30)27-25(32)33-20)28-12-9-18(10-13-28)14-17-7-3-2-4-8-17/h2-8,11,15,18H,9-10,12-14H2,1H3,(H,27,30,32). The SMILES string of the molecule is Cc1cccn2c(=O)c(C=C3SC(=S)NC3=O)c(N3CCC(Cc4ccccc4)CC3)nc12. The Balaban J connectivity index is 1.50. The summed E-state index contributed by atoms with van der Waals surface area (Å²) < 4.78 is 1.96. The van der Waals surface area contributed by atoms with Gasteiger partial charge in [-0.15, -0.1) is 0 Å². The van der Waals surface area contributed by atoms with Gasteiger partial charge in [-0.05, 0) is 55.4 Å². The summed E-state index contributed by atoms with van der Waals surface area (Å²) in [6.45, 7) is 3.59. The van der Waals surface area contributed by atoms with Crippen LogP contribution in [0.15, 0.2) is 58.4 Å². The fraction of sp³-hybridized carbons (Fsp3) is 0.280. The number of fused-ring (bicyclic) bond motifs is 1. The molecule has 1 amide bonds. The Morgan fingerprint density at radius 2 is 1.91 bits per heavy atom. The molecule has 0 aliphatic carbocycles. The van der Waals surface area contributed by atoms with Crippen molar-refractivity contribution in [1.82, 2.24) is 14.7 Å². The van der Waals surface area contributed by atoms with Crippen LogP contribution in [0, 0.1) is 12.8 Å². The maximum Gasteiger partial charge on any atom is 0.267 e. The average molecular weight is 477 g/mol. The maximum atomic E-state index is 13.5. The van der Waals surface area contributed by atoms with E-state index in [-0.39, 0.29) is 11.5 Å². The molecular formula is C25H24N4O2S2. The summed E-state index contributed by atoms with van der Waals surface area (Å²) in [6, 6.07) is 14.4. The Bertz CT molecular complexity index is 1330. The second-order valence-corrected chi connectivity index (χ2v) is 10.2. The number of carbonyl (C=O) groups excluding carboxylic acids is 1. The number of anilines is 1. The number of amides is 1. The predicted molar refractivity (Wildman–Crippen MR) is 138 cm³/mol. The third-order valence-corrected chi connectivity index (χ3v) is 7.43. The highest BCUT2D eigenvalue weighted by Gasteiger charge is 2.27. The molecule has 168 valence electrons. The molecule has 1 aromatic carbocycles. The Labute approximate surface area is 201 Å². The molecular weight excluding hydrogens is 452 g/mol. The van der Waals surface area contributed by atoms with Crippen LogP contribution in [0.2, 0.25) is 0 Å². The number of nitrogens with one attached hydrogen (secondary N) is 1. The molecule has 3 aromatic rings. The molecule has 0 atom stereocenters. The van der Waals surface area contributed by atoms with Gasteiger partial charge in [0.2, 0.25) is 0 Å². The molecule has 4 heterocycles. The van der Waals surface area contributed by atoms with Crippen molar-refractivity contribution in [3.8, 4) is 0 Å². The van der Waals surface area contributed by atoms with Gasteiger partial charge in [0.1, 0.15) is 15.8 Å². The first-order valence-corrected chi connectivity index (χ1v) is 12.3. The molecule has 5 rings (SSSR count). The largest absolute Gasteiger partial charge is 0.356 e. The lowest BCUT2D eigenvalue weighted by molar-refractivity contribution is -0.115. The number of rotatable bonds is 4. The van der Waals surface area contributed by atoms with Crippen LogP contribution in [0.3, 0.4) is 0 Å². The summed E-state index contributed by atoms with van der Waals surface area (Å²) in [6.07, 6.45) is 6.49. The van der Waals surface area contributed by atoms with Crippen LogP contribution < -0.4 is 15.8 Å². The minimum atomic E-state index is -0.272. The van der Waals surface area contributed by atoms with Crippen molar-refractivity contribution in [3.63, 3.8) is 0 Å². The lowest BCUT2D eigenvalue weighted by Crippen LogP contribution is -2.37. The zero-order chi connectivity index (χ0) is 22.9. The molecule has 8 heteroatoms. The van der Waals surface area contributed by atoms with Gasteiger partial charge in [0, 0.05) is 19.3 Å². The Morgan fingerprint density at radius 1 is 1.15 bits per heavy atom. The predicted octanol–water partition coefficient (Wildman–Crippen LogP) is 3.95. The van der Waals surface area contributed by atoms with E-state index in [2.05, 4.69) is 34.5 Å². The number of benzene rings is 1. The number of piperidine rings is 1. The molecule has 33 heavy (non-hydrogen) atoms. The average Bonchev–Trinajstić information content (AvgIpc) is 3.14. The van der Waals surface area contributed by atoms with Crippen LogP contribution >= 0.6 is 24.0 Å². The minimum absolute atomic E-state index is 0.177. The van der Waals surface area contributed by atoms with Crippen molar-refractivity contribution in [1.29, 1.82) is 0 Å². The molecule has 6 nitrogen and oxygen atoms in total. The van der Waals surface area contributed by atoms with E-state index in [1.807, 2.05) is 25.1 Å². The molecule has 0 unspecified atom stereocenters. The first kappa shape index (κ1) is 21.9. The van der Waals surface area contributed by atoms with Crippen molar-refractivity contribution < 1.29 is 4.79 Å². The number of hydrogen-bond donors (Lipinski definition) is 1. The van der Waals surface area contributed by atoms with E-state index in [4.69, 9.17) is 17.2 Å². The molecule has 0 saturated carbocycles. The summed E-state index contributed by atoms with van der Waals surface area (Å²) in [5.74, 6) is 0.972. The fourth-order valence-corrected chi connectivity index (χ4v) is 5.54. The van der Waals surface area contributed by atoms with Crippen molar-refractivity contribution in [2.24, 2.45) is 5.92 Å². The van der Waals surface area contributed by atoms with Gasteiger partial charge in [-0.1, -0.05) is 60.4 Å². The second-order valence-electron chi connectivity index (χ2n) is 8.51. The number of nitrogens with zero attached hydrogens (tertiary/aromatic N) is 3. The van der Waals surface area contributed by atoms with E-state index in [1.54, 1.807) is 16.7 Å².